The molecule has 3 aromatic carbocycles. The van der Waals surface area contributed by atoms with E-state index in [0.29, 0.717) is 10.5 Å². The number of hydrogen-bond donors (Lipinski definition) is 0. The first-order valence-corrected chi connectivity index (χ1v) is 12.0. The van der Waals surface area contributed by atoms with Crippen molar-refractivity contribution in [2.45, 2.75) is 29.5 Å². The second-order valence-electron chi connectivity index (χ2n) is 7.71. The van der Waals surface area contributed by atoms with Crippen LogP contribution in [0.3, 0.4) is 0 Å². The molecule has 4 rings (SSSR count). The molecule has 1 heterocycles. The molecule has 1 aliphatic heterocycles. The molecule has 0 bridgehead atoms. The third kappa shape index (κ3) is 4.46. The maximum Gasteiger partial charge on any atom is 0.459 e. The van der Waals surface area contributed by atoms with Crippen LogP contribution in [-0.2, 0) is 10.8 Å². The molecule has 178 valence electrons. The molecule has 34 heavy (non-hydrogen) atoms. The van der Waals surface area contributed by atoms with E-state index < -0.39 is 41.1 Å². The number of benzene rings is 3. The normalized spacial score (nSPS) is 17.6. The lowest BCUT2D eigenvalue weighted by Gasteiger charge is -2.25. The standard InChI is InChI=1S/C24H18ClF5N2OS/c1-34(33)21-9-5-2-6-17(21)15-10-12-16(13-11-15)20-14-22(23(26,27)24(28,29)30)31-32(20)19-8-4-3-7-18(19)25/h2-13,20H,14H2,1H3. The Hall–Kier alpha value is -2.78. The molecular weight excluding hydrogens is 495 g/mol. The van der Waals surface area contributed by atoms with E-state index in [2.05, 4.69) is 5.10 Å². The first kappa shape index (κ1) is 24.3. The zero-order valence-corrected chi connectivity index (χ0v) is 19.3. The van der Waals surface area contributed by atoms with E-state index >= 15 is 0 Å². The lowest BCUT2D eigenvalue weighted by molar-refractivity contribution is -0.249. The zero-order valence-electron chi connectivity index (χ0n) is 17.7. The lowest BCUT2D eigenvalue weighted by atomic mass is 9.96. The second-order valence-corrected chi connectivity index (χ2v) is 9.46. The molecule has 0 N–H and O–H groups in total. The van der Waals surface area contributed by atoms with Gasteiger partial charge in [0.25, 0.3) is 0 Å². The fourth-order valence-electron chi connectivity index (χ4n) is 3.82. The maximum absolute atomic E-state index is 14.2. The van der Waals surface area contributed by atoms with Gasteiger partial charge in [-0.2, -0.15) is 27.1 Å². The minimum atomic E-state index is -5.77. The van der Waals surface area contributed by atoms with Crippen LogP contribution in [0.4, 0.5) is 27.6 Å². The van der Waals surface area contributed by atoms with Gasteiger partial charge in [-0.3, -0.25) is 9.22 Å². The predicted octanol–water partition coefficient (Wildman–Crippen LogP) is 7.25. The summed E-state index contributed by atoms with van der Waals surface area (Å²) in [6.45, 7) is 0. The van der Waals surface area contributed by atoms with Gasteiger partial charge in [0.1, 0.15) is 5.71 Å². The van der Waals surface area contributed by atoms with Gasteiger partial charge in [-0.1, -0.05) is 66.2 Å². The van der Waals surface area contributed by atoms with Gasteiger partial charge in [-0.25, -0.2) is 0 Å². The van der Waals surface area contributed by atoms with E-state index in [1.165, 1.54) is 12.1 Å². The largest absolute Gasteiger partial charge is 0.459 e. The zero-order chi connectivity index (χ0) is 24.7. The van der Waals surface area contributed by atoms with E-state index in [9.17, 15) is 26.2 Å². The van der Waals surface area contributed by atoms with Crippen molar-refractivity contribution >= 4 is 33.8 Å². The summed E-state index contributed by atoms with van der Waals surface area (Å²) >= 11 is 6.21. The van der Waals surface area contributed by atoms with Crippen LogP contribution >= 0.6 is 11.6 Å². The number of rotatable bonds is 5. The number of para-hydroxylation sites is 1. The molecule has 0 radical (unpaired) electrons. The summed E-state index contributed by atoms with van der Waals surface area (Å²) in [7, 11) is -1.24. The highest BCUT2D eigenvalue weighted by Gasteiger charge is 2.62. The average Bonchev–Trinajstić information content (AvgIpc) is 3.25. The highest BCUT2D eigenvalue weighted by atomic mass is 35.5. The Bertz CT molecular complexity index is 1260. The molecule has 0 saturated heterocycles. The highest BCUT2D eigenvalue weighted by Crippen LogP contribution is 2.46. The third-order valence-electron chi connectivity index (χ3n) is 5.53. The van der Waals surface area contributed by atoms with Crippen molar-refractivity contribution in [2.75, 3.05) is 11.3 Å². The van der Waals surface area contributed by atoms with Crippen molar-refractivity contribution in [1.82, 2.24) is 0 Å². The van der Waals surface area contributed by atoms with Crippen LogP contribution in [0.1, 0.15) is 18.0 Å². The number of hydrogen-bond acceptors (Lipinski definition) is 3. The van der Waals surface area contributed by atoms with Crippen molar-refractivity contribution in [3.05, 3.63) is 83.4 Å². The number of alkyl halides is 5. The molecule has 10 heteroatoms. The van der Waals surface area contributed by atoms with Gasteiger partial charge >= 0.3 is 12.1 Å². The van der Waals surface area contributed by atoms with Gasteiger partial charge in [0, 0.05) is 17.6 Å². The fraction of sp³-hybridized carbons (Fsp3) is 0.208. The van der Waals surface area contributed by atoms with Crippen molar-refractivity contribution in [1.29, 1.82) is 0 Å². The summed E-state index contributed by atoms with van der Waals surface area (Å²) in [5, 5.41) is 4.97. The van der Waals surface area contributed by atoms with Crippen LogP contribution in [0.5, 0.6) is 0 Å². The van der Waals surface area contributed by atoms with Gasteiger partial charge < -0.3 is 0 Å². The van der Waals surface area contributed by atoms with Crippen molar-refractivity contribution in [3.63, 3.8) is 0 Å². The van der Waals surface area contributed by atoms with Gasteiger partial charge in [0.05, 0.1) is 27.6 Å². The SMILES string of the molecule is CS(=O)c1ccccc1-c1ccc(C2CC(C(F)(F)C(F)(F)F)=NN2c2ccccc2Cl)cc1. The molecule has 0 spiro atoms. The highest BCUT2D eigenvalue weighted by molar-refractivity contribution is 7.84. The maximum atomic E-state index is 14.2. The minimum absolute atomic E-state index is 0.170. The number of halogens is 6. The molecule has 0 saturated carbocycles. The van der Waals surface area contributed by atoms with Crippen LogP contribution < -0.4 is 5.01 Å². The molecular formula is C24H18ClF5N2OS. The Morgan fingerprint density at radius 2 is 1.56 bits per heavy atom. The van der Waals surface area contributed by atoms with Gasteiger partial charge in [0.2, 0.25) is 0 Å². The lowest BCUT2D eigenvalue weighted by Crippen LogP contribution is -2.43. The summed E-state index contributed by atoms with van der Waals surface area (Å²) < 4.78 is 79.6. The summed E-state index contributed by atoms with van der Waals surface area (Å²) in [6, 6.07) is 19.1. The second kappa shape index (κ2) is 9.11. The third-order valence-corrected chi connectivity index (χ3v) is 6.83. The number of anilines is 1. The number of hydrazone groups is 1. The monoisotopic (exact) mass is 512 g/mol. The molecule has 1 aliphatic rings. The molecule has 2 atom stereocenters. The van der Waals surface area contributed by atoms with E-state index in [1.807, 2.05) is 6.07 Å². The van der Waals surface area contributed by atoms with E-state index in [1.54, 1.807) is 60.9 Å². The minimum Gasteiger partial charge on any atom is -0.256 e. The summed E-state index contributed by atoms with van der Waals surface area (Å²) in [4.78, 5) is 0.629. The Morgan fingerprint density at radius 3 is 2.18 bits per heavy atom. The quantitative estimate of drug-likeness (QED) is 0.337. The van der Waals surface area contributed by atoms with E-state index in [-0.39, 0.29) is 10.7 Å². The molecule has 0 fully saturated rings. The summed E-state index contributed by atoms with van der Waals surface area (Å²) in [6.07, 6.45) is -4.84. The van der Waals surface area contributed by atoms with E-state index in [0.717, 1.165) is 16.1 Å². The molecule has 0 aliphatic carbocycles. The van der Waals surface area contributed by atoms with E-state index in [4.69, 9.17) is 11.6 Å². The first-order chi connectivity index (χ1) is 16.0. The molecule has 3 nitrogen and oxygen atoms in total. The Labute approximate surface area is 200 Å². The van der Waals surface area contributed by atoms with Crippen molar-refractivity contribution in [3.8, 4) is 11.1 Å². The van der Waals surface area contributed by atoms with Gasteiger partial charge in [-0.15, -0.1) is 0 Å². The smallest absolute Gasteiger partial charge is 0.256 e. The molecule has 2 unspecified atom stereocenters. The summed E-state index contributed by atoms with van der Waals surface area (Å²) in [5.41, 5.74) is 0.901. The molecule has 0 aromatic heterocycles. The van der Waals surface area contributed by atoms with Crippen LogP contribution in [-0.4, -0.2) is 28.3 Å². The predicted molar refractivity (Wildman–Crippen MR) is 124 cm³/mol. The van der Waals surface area contributed by atoms with Crippen LogP contribution in [0.25, 0.3) is 11.1 Å². The average molecular weight is 513 g/mol. The van der Waals surface area contributed by atoms with Crippen LogP contribution in [0.2, 0.25) is 5.02 Å². The summed E-state index contributed by atoms with van der Waals surface area (Å²) in [5.74, 6) is -5.08. The van der Waals surface area contributed by atoms with Gasteiger partial charge in [-0.05, 0) is 34.9 Å². The first-order valence-electron chi connectivity index (χ1n) is 10.1. The molecule has 3 aromatic rings. The Morgan fingerprint density at radius 1 is 0.941 bits per heavy atom. The molecule has 0 amide bonds. The van der Waals surface area contributed by atoms with Gasteiger partial charge in [0.15, 0.2) is 0 Å². The fourth-order valence-corrected chi connectivity index (χ4v) is 4.81. The van der Waals surface area contributed by atoms with Crippen molar-refractivity contribution in [2.24, 2.45) is 5.10 Å². The number of nitrogens with zero attached hydrogens (tertiary/aromatic N) is 2. The Balaban J connectivity index is 1.74. The van der Waals surface area contributed by atoms with Crippen LogP contribution in [0, 0.1) is 0 Å². The topological polar surface area (TPSA) is 32.7 Å². The Kier molecular flexibility index (Phi) is 6.52. The van der Waals surface area contributed by atoms with Crippen LogP contribution in [0.15, 0.2) is 82.8 Å². The van der Waals surface area contributed by atoms with Crippen molar-refractivity contribution < 1.29 is 26.2 Å².